The van der Waals surface area contributed by atoms with Crippen LogP contribution in [0.1, 0.15) is 16.7 Å². The van der Waals surface area contributed by atoms with E-state index in [1.807, 2.05) is 0 Å². The Balaban J connectivity index is 2.59. The minimum atomic E-state index is -5.06. The van der Waals surface area contributed by atoms with Crippen molar-refractivity contribution < 1.29 is 23.2 Å². The fourth-order valence-electron chi connectivity index (χ4n) is 3.18. The van der Waals surface area contributed by atoms with Crippen molar-refractivity contribution in [2.75, 3.05) is 0 Å². The van der Waals surface area contributed by atoms with Gasteiger partial charge in [-0.3, -0.25) is 4.55 Å². The van der Waals surface area contributed by atoms with Crippen molar-refractivity contribution in [2.24, 2.45) is 0 Å². The van der Waals surface area contributed by atoms with Crippen LogP contribution in [0.2, 0.25) is 20.1 Å². The SMILES string of the molecule is O=S(=O)(O)C(c1ccc(O)cc1)(c1ccc(Cl)cc1)c1c(O)cc(Cl)c(Cl)c1Cl. The molecular weight excluding hydrogens is 482 g/mol. The van der Waals surface area contributed by atoms with E-state index in [0.29, 0.717) is 5.02 Å². The smallest absolute Gasteiger partial charge is 0.283 e. The maximum absolute atomic E-state index is 12.9. The summed E-state index contributed by atoms with van der Waals surface area (Å²) >= 11 is 24.3. The molecule has 29 heavy (non-hydrogen) atoms. The molecule has 0 aromatic heterocycles. The number of halogens is 4. The molecule has 0 aliphatic heterocycles. The van der Waals surface area contributed by atoms with Crippen LogP contribution in [-0.4, -0.2) is 23.2 Å². The molecule has 10 heteroatoms. The fourth-order valence-corrected chi connectivity index (χ4v) is 5.43. The van der Waals surface area contributed by atoms with Gasteiger partial charge in [0.1, 0.15) is 11.5 Å². The molecule has 0 heterocycles. The topological polar surface area (TPSA) is 94.8 Å². The van der Waals surface area contributed by atoms with Gasteiger partial charge in [-0.2, -0.15) is 8.42 Å². The van der Waals surface area contributed by atoms with Crippen molar-refractivity contribution in [3.05, 3.63) is 91.4 Å². The van der Waals surface area contributed by atoms with Crippen LogP contribution in [0.4, 0.5) is 0 Å². The van der Waals surface area contributed by atoms with Gasteiger partial charge in [-0.05, 0) is 35.4 Å². The predicted molar refractivity (Wildman–Crippen MR) is 114 cm³/mol. The van der Waals surface area contributed by atoms with Crippen LogP contribution in [0.3, 0.4) is 0 Å². The van der Waals surface area contributed by atoms with Crippen LogP contribution in [0.25, 0.3) is 0 Å². The van der Waals surface area contributed by atoms with E-state index in [1.54, 1.807) is 0 Å². The molecule has 3 aromatic rings. The highest BCUT2D eigenvalue weighted by Gasteiger charge is 2.51. The Morgan fingerprint density at radius 1 is 0.759 bits per heavy atom. The summed E-state index contributed by atoms with van der Waals surface area (Å²) in [6.07, 6.45) is 0. The van der Waals surface area contributed by atoms with E-state index in [2.05, 4.69) is 0 Å². The van der Waals surface area contributed by atoms with E-state index in [9.17, 15) is 23.2 Å². The average Bonchev–Trinajstić information content (AvgIpc) is 2.64. The normalized spacial score (nSPS) is 13.8. The lowest BCUT2D eigenvalue weighted by Crippen LogP contribution is -2.38. The summed E-state index contributed by atoms with van der Waals surface area (Å²) in [5, 5.41) is 19.9. The molecule has 1 atom stereocenters. The molecular formula is C19H12Cl4O5S. The summed E-state index contributed by atoms with van der Waals surface area (Å²) in [6, 6.07) is 11.6. The zero-order valence-corrected chi connectivity index (χ0v) is 18.1. The zero-order valence-electron chi connectivity index (χ0n) is 14.3. The highest BCUT2D eigenvalue weighted by molar-refractivity contribution is 7.87. The monoisotopic (exact) mass is 492 g/mol. The van der Waals surface area contributed by atoms with Crippen molar-refractivity contribution in [3.63, 3.8) is 0 Å². The van der Waals surface area contributed by atoms with Crippen LogP contribution in [0.5, 0.6) is 11.5 Å². The lowest BCUT2D eigenvalue weighted by molar-refractivity contribution is 0.440. The molecule has 0 aliphatic rings. The number of benzene rings is 3. The van der Waals surface area contributed by atoms with E-state index in [4.69, 9.17) is 46.4 Å². The van der Waals surface area contributed by atoms with Gasteiger partial charge in [-0.25, -0.2) is 0 Å². The third kappa shape index (κ3) is 3.65. The van der Waals surface area contributed by atoms with Crippen LogP contribution in [0.15, 0.2) is 54.6 Å². The molecule has 1 unspecified atom stereocenters. The van der Waals surface area contributed by atoms with Gasteiger partial charge in [-0.1, -0.05) is 70.7 Å². The predicted octanol–water partition coefficient (Wildman–Crippen LogP) is 5.89. The van der Waals surface area contributed by atoms with Gasteiger partial charge in [0.25, 0.3) is 10.1 Å². The minimum Gasteiger partial charge on any atom is -0.508 e. The lowest BCUT2D eigenvalue weighted by Gasteiger charge is -2.34. The van der Waals surface area contributed by atoms with Crippen LogP contribution in [-0.2, 0) is 14.9 Å². The van der Waals surface area contributed by atoms with Crippen molar-refractivity contribution in [2.45, 2.75) is 4.75 Å². The van der Waals surface area contributed by atoms with Gasteiger partial charge >= 0.3 is 0 Å². The second-order valence-corrected chi connectivity index (χ2v) is 9.25. The summed E-state index contributed by atoms with van der Waals surface area (Å²) in [6.45, 7) is 0. The molecule has 0 fully saturated rings. The number of rotatable bonds is 4. The van der Waals surface area contributed by atoms with Crippen molar-refractivity contribution >= 4 is 56.5 Å². The number of phenolic OH excluding ortho intramolecular Hbond substituents is 2. The summed E-state index contributed by atoms with van der Waals surface area (Å²) in [4.78, 5) is 0. The van der Waals surface area contributed by atoms with Gasteiger partial charge in [0.05, 0.1) is 15.1 Å². The fraction of sp³-hybridized carbons (Fsp3) is 0.0526. The summed E-state index contributed by atoms with van der Waals surface area (Å²) in [5.41, 5.74) is -0.398. The molecule has 0 bridgehead atoms. The molecule has 152 valence electrons. The third-order valence-corrected chi connectivity index (χ3v) is 7.37. The molecule has 0 saturated heterocycles. The molecule has 0 spiro atoms. The van der Waals surface area contributed by atoms with Gasteiger partial charge in [0, 0.05) is 16.7 Å². The van der Waals surface area contributed by atoms with E-state index < -0.39 is 26.2 Å². The van der Waals surface area contributed by atoms with E-state index in [0.717, 1.165) is 6.07 Å². The summed E-state index contributed by atoms with van der Waals surface area (Å²) < 4.78 is 33.9. The Morgan fingerprint density at radius 2 is 1.24 bits per heavy atom. The molecule has 3 N–H and O–H groups in total. The standard InChI is InChI=1S/C19H12Cl4O5S/c20-12-5-1-10(2-6-12)19(29(26,27)28,11-3-7-13(24)8-4-11)16-15(25)9-14(21)17(22)18(16)23/h1-9,24-25H,(H,26,27,28). The molecule has 3 rings (SSSR count). The molecule has 0 amide bonds. The Labute approximate surface area is 186 Å². The van der Waals surface area contributed by atoms with Crippen LogP contribution < -0.4 is 0 Å². The van der Waals surface area contributed by atoms with Crippen molar-refractivity contribution in [1.82, 2.24) is 0 Å². The Kier molecular flexibility index (Phi) is 5.98. The quantitative estimate of drug-likeness (QED) is 0.239. The first kappa shape index (κ1) is 22.0. The maximum atomic E-state index is 12.9. The van der Waals surface area contributed by atoms with Gasteiger partial charge in [0.15, 0.2) is 4.75 Å². The van der Waals surface area contributed by atoms with Crippen molar-refractivity contribution in [1.29, 1.82) is 0 Å². The second kappa shape index (κ2) is 7.87. The Hall–Kier alpha value is -1.67. The number of hydrogen-bond acceptors (Lipinski definition) is 4. The Bertz CT molecular complexity index is 1130. The molecule has 0 radical (unpaired) electrons. The highest BCUT2D eigenvalue weighted by atomic mass is 35.5. The van der Waals surface area contributed by atoms with Gasteiger partial charge in [0.2, 0.25) is 0 Å². The first-order chi connectivity index (χ1) is 13.5. The summed E-state index contributed by atoms with van der Waals surface area (Å²) in [5.74, 6) is -0.747. The van der Waals surface area contributed by atoms with E-state index in [-0.39, 0.29) is 31.9 Å². The Morgan fingerprint density at radius 3 is 1.72 bits per heavy atom. The first-order valence-electron chi connectivity index (χ1n) is 7.89. The largest absolute Gasteiger partial charge is 0.508 e. The van der Waals surface area contributed by atoms with E-state index in [1.165, 1.54) is 48.5 Å². The number of hydrogen-bond donors (Lipinski definition) is 3. The number of phenols is 2. The van der Waals surface area contributed by atoms with Gasteiger partial charge < -0.3 is 10.2 Å². The minimum absolute atomic E-state index is 0.0179. The van der Waals surface area contributed by atoms with E-state index >= 15 is 0 Å². The first-order valence-corrected chi connectivity index (χ1v) is 10.8. The second-order valence-electron chi connectivity index (χ2n) is 6.09. The number of aromatic hydroxyl groups is 2. The molecule has 0 aliphatic carbocycles. The average molecular weight is 494 g/mol. The summed E-state index contributed by atoms with van der Waals surface area (Å²) in [7, 11) is -5.06. The third-order valence-electron chi connectivity index (χ3n) is 4.41. The molecule has 3 aromatic carbocycles. The van der Waals surface area contributed by atoms with Crippen LogP contribution in [0, 0.1) is 0 Å². The lowest BCUT2D eigenvalue weighted by atomic mass is 9.83. The molecule has 5 nitrogen and oxygen atoms in total. The molecule has 0 saturated carbocycles. The zero-order chi connectivity index (χ0) is 21.6. The maximum Gasteiger partial charge on any atom is 0.283 e. The van der Waals surface area contributed by atoms with Gasteiger partial charge in [-0.15, -0.1) is 0 Å². The van der Waals surface area contributed by atoms with Crippen molar-refractivity contribution in [3.8, 4) is 11.5 Å². The highest BCUT2D eigenvalue weighted by Crippen LogP contribution is 2.52. The van der Waals surface area contributed by atoms with Crippen LogP contribution >= 0.6 is 46.4 Å².